The van der Waals surface area contributed by atoms with E-state index in [0.29, 0.717) is 0 Å². The average molecular weight is 281 g/mol. The molecule has 1 aliphatic rings. The average Bonchev–Trinajstić information content (AvgIpc) is 2.28. The Balaban J connectivity index is 2.82. The van der Waals surface area contributed by atoms with Crippen molar-refractivity contribution in [3.63, 3.8) is 0 Å². The van der Waals surface area contributed by atoms with Crippen LogP contribution >= 0.6 is 0 Å². The molecule has 0 aromatic carbocycles. The molecule has 9 heteroatoms. The van der Waals surface area contributed by atoms with E-state index in [-0.39, 0.29) is 26.2 Å². The second-order valence-corrected chi connectivity index (χ2v) is 5.69. The Labute approximate surface area is 105 Å². The number of hydrogen-bond donors (Lipinski definition) is 1. The molecule has 0 aromatic heterocycles. The van der Waals surface area contributed by atoms with Crippen LogP contribution in [-0.2, 0) is 29.1 Å². The van der Waals surface area contributed by atoms with Gasteiger partial charge < -0.3 is 14.6 Å². The number of carbonyl (C=O) groups excluding carboxylic acids is 1. The number of morpholine rings is 1. The van der Waals surface area contributed by atoms with Crippen LogP contribution in [0.25, 0.3) is 0 Å². The fourth-order valence-corrected chi connectivity index (χ4v) is 3.18. The van der Waals surface area contributed by atoms with Crippen molar-refractivity contribution in [2.24, 2.45) is 0 Å². The number of nitrogens with zero attached hydrogens (tertiary/aromatic N) is 1. The smallest absolute Gasteiger partial charge is 0.322 e. The van der Waals surface area contributed by atoms with Gasteiger partial charge in [0, 0.05) is 6.54 Å². The molecular weight excluding hydrogens is 266 g/mol. The topological polar surface area (TPSA) is 110 Å². The molecule has 1 heterocycles. The summed E-state index contributed by atoms with van der Waals surface area (Å²) in [5, 5.41) is 8.71. The SMILES string of the molecule is COC(=O)CS(=O)(=O)N1CCOCC1CC(=O)O. The van der Waals surface area contributed by atoms with Crippen LogP contribution in [0.5, 0.6) is 0 Å². The molecule has 0 saturated carbocycles. The number of methoxy groups -OCH3 is 1. The van der Waals surface area contributed by atoms with Gasteiger partial charge in [0.25, 0.3) is 0 Å². The number of carboxylic acids is 1. The molecule has 0 bridgehead atoms. The summed E-state index contributed by atoms with van der Waals surface area (Å²) in [6, 6.07) is -0.786. The maximum Gasteiger partial charge on any atom is 0.322 e. The van der Waals surface area contributed by atoms with Crippen molar-refractivity contribution in [2.45, 2.75) is 12.5 Å². The lowest BCUT2D eigenvalue weighted by Crippen LogP contribution is -2.51. The fraction of sp³-hybridized carbons (Fsp3) is 0.778. The molecule has 104 valence electrons. The maximum absolute atomic E-state index is 11.9. The quantitative estimate of drug-likeness (QED) is 0.621. The highest BCUT2D eigenvalue weighted by molar-refractivity contribution is 7.89. The lowest BCUT2D eigenvalue weighted by atomic mass is 10.2. The molecule has 1 fully saturated rings. The van der Waals surface area contributed by atoms with Crippen molar-refractivity contribution in [2.75, 3.05) is 32.6 Å². The van der Waals surface area contributed by atoms with Crippen LogP contribution in [0, 0.1) is 0 Å². The summed E-state index contributed by atoms with van der Waals surface area (Å²) >= 11 is 0. The van der Waals surface area contributed by atoms with Crippen molar-refractivity contribution in [3.05, 3.63) is 0 Å². The highest BCUT2D eigenvalue weighted by atomic mass is 32.2. The Bertz CT molecular complexity index is 419. The van der Waals surface area contributed by atoms with Crippen molar-refractivity contribution >= 4 is 22.0 Å². The second kappa shape index (κ2) is 6.12. The molecule has 18 heavy (non-hydrogen) atoms. The van der Waals surface area contributed by atoms with E-state index in [4.69, 9.17) is 9.84 Å². The molecule has 0 spiro atoms. The minimum Gasteiger partial charge on any atom is -0.481 e. The zero-order valence-corrected chi connectivity index (χ0v) is 10.7. The normalized spacial score (nSPS) is 21.5. The van der Waals surface area contributed by atoms with E-state index in [1.807, 2.05) is 0 Å². The van der Waals surface area contributed by atoms with Crippen LogP contribution in [0.4, 0.5) is 0 Å². The standard InChI is InChI=1S/C9H15NO7S/c1-16-9(13)6-18(14,15)10-2-3-17-5-7(10)4-8(11)12/h7H,2-6H2,1H3,(H,11,12). The third kappa shape index (κ3) is 3.93. The van der Waals surface area contributed by atoms with Crippen LogP contribution in [0.3, 0.4) is 0 Å². The summed E-state index contributed by atoms with van der Waals surface area (Å²) in [6.45, 7) is 0.223. The molecule has 0 aromatic rings. The molecule has 8 nitrogen and oxygen atoms in total. The van der Waals surface area contributed by atoms with Gasteiger partial charge in [-0.05, 0) is 0 Å². The summed E-state index contributed by atoms with van der Waals surface area (Å²) < 4.78 is 34.2. The van der Waals surface area contributed by atoms with Crippen LogP contribution in [-0.4, -0.2) is 68.4 Å². The number of aliphatic carboxylic acids is 1. The molecule has 1 atom stereocenters. The van der Waals surface area contributed by atoms with Gasteiger partial charge >= 0.3 is 11.9 Å². The van der Waals surface area contributed by atoms with E-state index in [9.17, 15) is 18.0 Å². The van der Waals surface area contributed by atoms with Crippen molar-refractivity contribution in [1.82, 2.24) is 4.31 Å². The number of ether oxygens (including phenoxy) is 2. The van der Waals surface area contributed by atoms with Gasteiger partial charge in [0.15, 0.2) is 5.75 Å². The Hall–Kier alpha value is -1.19. The molecule has 0 radical (unpaired) electrons. The number of carboxylic acid groups (broad SMARTS) is 1. The predicted octanol–water partition coefficient (Wildman–Crippen LogP) is -1.34. The van der Waals surface area contributed by atoms with Gasteiger partial charge in [-0.25, -0.2) is 8.42 Å². The third-order valence-corrected chi connectivity index (χ3v) is 4.26. The molecule has 1 saturated heterocycles. The Morgan fingerprint density at radius 3 is 2.72 bits per heavy atom. The van der Waals surface area contributed by atoms with E-state index >= 15 is 0 Å². The Morgan fingerprint density at radius 1 is 1.50 bits per heavy atom. The van der Waals surface area contributed by atoms with Gasteiger partial charge in [-0.2, -0.15) is 4.31 Å². The molecule has 1 unspecified atom stereocenters. The molecule has 0 aliphatic carbocycles. The van der Waals surface area contributed by atoms with E-state index in [1.165, 1.54) is 0 Å². The van der Waals surface area contributed by atoms with Gasteiger partial charge in [0.05, 0.1) is 32.8 Å². The fourth-order valence-electron chi connectivity index (χ4n) is 1.66. The maximum atomic E-state index is 11.9. The van der Waals surface area contributed by atoms with Gasteiger partial charge in [-0.15, -0.1) is 0 Å². The van der Waals surface area contributed by atoms with Crippen molar-refractivity contribution < 1.29 is 32.6 Å². The van der Waals surface area contributed by atoms with Crippen LogP contribution in [0.15, 0.2) is 0 Å². The summed E-state index contributed by atoms with van der Waals surface area (Å²) in [4.78, 5) is 21.7. The molecule has 1 aliphatic heterocycles. The van der Waals surface area contributed by atoms with E-state index in [2.05, 4.69) is 4.74 Å². The largest absolute Gasteiger partial charge is 0.481 e. The van der Waals surface area contributed by atoms with Gasteiger partial charge in [0.1, 0.15) is 0 Å². The van der Waals surface area contributed by atoms with E-state index in [1.54, 1.807) is 0 Å². The summed E-state index contributed by atoms with van der Waals surface area (Å²) in [7, 11) is -2.78. The van der Waals surface area contributed by atoms with E-state index < -0.39 is 33.8 Å². The number of esters is 1. The lowest BCUT2D eigenvalue weighted by Gasteiger charge is -2.33. The monoisotopic (exact) mass is 281 g/mol. The predicted molar refractivity (Wildman–Crippen MR) is 59.4 cm³/mol. The van der Waals surface area contributed by atoms with Crippen molar-refractivity contribution in [3.8, 4) is 0 Å². The Morgan fingerprint density at radius 2 is 2.17 bits per heavy atom. The summed E-state index contributed by atoms with van der Waals surface area (Å²) in [6.07, 6.45) is -0.361. The number of hydrogen-bond acceptors (Lipinski definition) is 6. The zero-order chi connectivity index (χ0) is 13.8. The third-order valence-electron chi connectivity index (χ3n) is 2.47. The Kier molecular flexibility index (Phi) is 5.05. The van der Waals surface area contributed by atoms with E-state index in [0.717, 1.165) is 11.4 Å². The molecule has 0 amide bonds. The van der Waals surface area contributed by atoms with Gasteiger partial charge in [-0.3, -0.25) is 9.59 Å². The van der Waals surface area contributed by atoms with Gasteiger partial charge in [-0.1, -0.05) is 0 Å². The number of carbonyl (C=O) groups is 2. The summed E-state index contributed by atoms with van der Waals surface area (Å²) in [5.41, 5.74) is 0. The molecular formula is C9H15NO7S. The highest BCUT2D eigenvalue weighted by Crippen LogP contribution is 2.16. The minimum atomic E-state index is -3.87. The van der Waals surface area contributed by atoms with Crippen LogP contribution < -0.4 is 0 Å². The first-order valence-electron chi connectivity index (χ1n) is 5.22. The molecule has 1 rings (SSSR count). The highest BCUT2D eigenvalue weighted by Gasteiger charge is 2.35. The van der Waals surface area contributed by atoms with Gasteiger partial charge in [0.2, 0.25) is 10.0 Å². The van der Waals surface area contributed by atoms with Crippen molar-refractivity contribution in [1.29, 1.82) is 0 Å². The zero-order valence-electron chi connectivity index (χ0n) is 9.87. The minimum absolute atomic E-state index is 0.00665. The number of rotatable bonds is 5. The first-order chi connectivity index (χ1) is 8.36. The number of sulfonamides is 1. The lowest BCUT2D eigenvalue weighted by molar-refractivity contribution is -0.139. The first kappa shape index (κ1) is 14.9. The first-order valence-corrected chi connectivity index (χ1v) is 6.83. The second-order valence-electron chi connectivity index (χ2n) is 3.77. The summed E-state index contributed by atoms with van der Waals surface area (Å²) in [5.74, 6) is -2.79. The van der Waals surface area contributed by atoms with Crippen LogP contribution in [0.1, 0.15) is 6.42 Å². The molecule has 1 N–H and O–H groups in total. The van der Waals surface area contributed by atoms with Crippen LogP contribution in [0.2, 0.25) is 0 Å².